The van der Waals surface area contributed by atoms with Gasteiger partial charge in [-0.2, -0.15) is 11.8 Å². The number of carbonyl (C=O) groups excluding carboxylic acids is 1. The number of aryl methyl sites for hydroxylation is 2. The first kappa shape index (κ1) is 17.0. The molecule has 0 saturated carbocycles. The molecule has 6 heteroatoms. The minimum Gasteiger partial charge on any atom is -0.480 e. The monoisotopic (exact) mass is 315 g/mol. The molecule has 112 valence electrons. The van der Waals surface area contributed by atoms with E-state index in [0.29, 0.717) is 17.1 Å². The number of nitrogens with one attached hydrogen (secondary N) is 1. The number of amides is 1. The Balaban J connectivity index is 2.73. The highest BCUT2D eigenvalue weighted by Crippen LogP contribution is 2.23. The maximum absolute atomic E-state index is 12.1. The summed E-state index contributed by atoms with van der Waals surface area (Å²) in [5.74, 6) is -0.551. The van der Waals surface area contributed by atoms with Gasteiger partial charge >= 0.3 is 5.97 Å². The molecule has 2 N–H and O–H groups in total. The van der Waals surface area contributed by atoms with Gasteiger partial charge in [-0.05, 0) is 43.4 Å². The number of rotatable bonds is 8. The summed E-state index contributed by atoms with van der Waals surface area (Å²) < 4.78 is 0. The maximum Gasteiger partial charge on any atom is 0.326 e. The van der Waals surface area contributed by atoms with Gasteiger partial charge in [0.15, 0.2) is 0 Å². The molecule has 1 amide bonds. The summed E-state index contributed by atoms with van der Waals surface area (Å²) in [6, 6.07) is 1.07. The zero-order valence-electron chi connectivity index (χ0n) is 12.1. The SMILES string of the molecule is CCCc1cc(C(=O)NC(CCSC)C(=O)O)sc1C. The predicted molar refractivity (Wildman–Crippen MR) is 84.9 cm³/mol. The lowest BCUT2D eigenvalue weighted by Gasteiger charge is -2.12. The van der Waals surface area contributed by atoms with Crippen LogP contribution in [0.1, 0.15) is 39.9 Å². The second-order valence-electron chi connectivity index (χ2n) is 4.59. The van der Waals surface area contributed by atoms with Crippen LogP contribution >= 0.6 is 23.1 Å². The van der Waals surface area contributed by atoms with E-state index in [-0.39, 0.29) is 5.91 Å². The Morgan fingerprint density at radius 1 is 1.50 bits per heavy atom. The molecule has 0 aliphatic carbocycles. The molecule has 0 aliphatic heterocycles. The number of thioether (sulfide) groups is 1. The molecule has 1 unspecified atom stereocenters. The fourth-order valence-electron chi connectivity index (χ4n) is 1.87. The third kappa shape index (κ3) is 4.83. The minimum absolute atomic E-state index is 0.283. The summed E-state index contributed by atoms with van der Waals surface area (Å²) in [4.78, 5) is 25.0. The molecule has 1 heterocycles. The first-order chi connectivity index (χ1) is 9.49. The summed E-state index contributed by atoms with van der Waals surface area (Å²) in [7, 11) is 0. The van der Waals surface area contributed by atoms with Crippen molar-refractivity contribution in [1.29, 1.82) is 0 Å². The molecule has 0 aliphatic rings. The van der Waals surface area contributed by atoms with Gasteiger partial charge in [-0.25, -0.2) is 4.79 Å². The molecule has 0 spiro atoms. The number of hydrogen-bond acceptors (Lipinski definition) is 4. The Morgan fingerprint density at radius 2 is 2.20 bits per heavy atom. The van der Waals surface area contributed by atoms with E-state index in [1.807, 2.05) is 19.2 Å². The number of carboxylic acid groups (broad SMARTS) is 1. The highest BCUT2D eigenvalue weighted by Gasteiger charge is 2.21. The predicted octanol–water partition coefficient (Wildman–Crippen LogP) is 2.95. The maximum atomic E-state index is 12.1. The molecule has 0 bridgehead atoms. The molecule has 1 atom stereocenters. The van der Waals surface area contributed by atoms with Crippen LogP contribution in [0.25, 0.3) is 0 Å². The fraction of sp³-hybridized carbons (Fsp3) is 0.571. The van der Waals surface area contributed by atoms with Crippen LogP contribution < -0.4 is 5.32 Å². The third-order valence-electron chi connectivity index (χ3n) is 2.98. The molecule has 1 aromatic rings. The van der Waals surface area contributed by atoms with Gasteiger partial charge in [-0.15, -0.1) is 11.3 Å². The topological polar surface area (TPSA) is 66.4 Å². The number of hydrogen-bond donors (Lipinski definition) is 2. The Bertz CT molecular complexity index is 471. The Labute approximate surface area is 128 Å². The van der Waals surface area contributed by atoms with Gasteiger partial charge in [0.2, 0.25) is 0 Å². The van der Waals surface area contributed by atoms with Crippen molar-refractivity contribution in [2.45, 2.75) is 39.2 Å². The smallest absolute Gasteiger partial charge is 0.326 e. The van der Waals surface area contributed by atoms with Crippen molar-refractivity contribution in [3.05, 3.63) is 21.4 Å². The molecule has 0 radical (unpaired) electrons. The lowest BCUT2D eigenvalue weighted by molar-refractivity contribution is -0.139. The number of carbonyl (C=O) groups is 2. The molecule has 4 nitrogen and oxygen atoms in total. The third-order valence-corrected chi connectivity index (χ3v) is 4.71. The summed E-state index contributed by atoms with van der Waals surface area (Å²) in [6.07, 6.45) is 4.34. The summed E-state index contributed by atoms with van der Waals surface area (Å²) in [5, 5.41) is 11.7. The number of thiophene rings is 1. The van der Waals surface area contributed by atoms with Crippen LogP contribution in [-0.2, 0) is 11.2 Å². The number of carboxylic acids is 1. The van der Waals surface area contributed by atoms with Gasteiger partial charge in [-0.1, -0.05) is 13.3 Å². The van der Waals surface area contributed by atoms with E-state index >= 15 is 0 Å². The van der Waals surface area contributed by atoms with E-state index in [4.69, 9.17) is 5.11 Å². The lowest BCUT2D eigenvalue weighted by atomic mass is 10.1. The van der Waals surface area contributed by atoms with Crippen LogP contribution in [0, 0.1) is 6.92 Å². The van der Waals surface area contributed by atoms with E-state index in [1.54, 1.807) is 11.8 Å². The molecule has 20 heavy (non-hydrogen) atoms. The van der Waals surface area contributed by atoms with E-state index in [9.17, 15) is 9.59 Å². The second-order valence-corrected chi connectivity index (χ2v) is 6.83. The molecule has 1 aromatic heterocycles. The van der Waals surface area contributed by atoms with Crippen LogP contribution in [0.2, 0.25) is 0 Å². The van der Waals surface area contributed by atoms with Crippen LogP contribution in [0.5, 0.6) is 0 Å². The van der Waals surface area contributed by atoms with E-state index in [1.165, 1.54) is 16.9 Å². The zero-order chi connectivity index (χ0) is 15.1. The van der Waals surface area contributed by atoms with Gasteiger partial charge in [-0.3, -0.25) is 4.79 Å². The molecule has 0 fully saturated rings. The van der Waals surface area contributed by atoms with Crippen LogP contribution in [0.15, 0.2) is 6.07 Å². The quantitative estimate of drug-likeness (QED) is 0.774. The van der Waals surface area contributed by atoms with Crippen LogP contribution in [0.3, 0.4) is 0 Å². The number of aliphatic carboxylic acids is 1. The normalized spacial score (nSPS) is 12.2. The zero-order valence-corrected chi connectivity index (χ0v) is 13.7. The molecular weight excluding hydrogens is 294 g/mol. The van der Waals surface area contributed by atoms with Crippen molar-refractivity contribution in [1.82, 2.24) is 5.32 Å². The van der Waals surface area contributed by atoms with Crippen molar-refractivity contribution in [3.8, 4) is 0 Å². The lowest BCUT2D eigenvalue weighted by Crippen LogP contribution is -2.40. The van der Waals surface area contributed by atoms with Crippen molar-refractivity contribution in [2.75, 3.05) is 12.0 Å². The van der Waals surface area contributed by atoms with Crippen molar-refractivity contribution >= 4 is 35.0 Å². The average Bonchev–Trinajstić information content (AvgIpc) is 2.76. The minimum atomic E-state index is -0.977. The molecule has 0 saturated heterocycles. The first-order valence-corrected chi connectivity index (χ1v) is 8.82. The molecular formula is C14H21NO3S2. The second kappa shape index (κ2) is 8.32. The summed E-state index contributed by atoms with van der Waals surface area (Å²) >= 11 is 3.00. The van der Waals surface area contributed by atoms with Gasteiger partial charge in [0.1, 0.15) is 6.04 Å². The van der Waals surface area contributed by atoms with Gasteiger partial charge in [0, 0.05) is 4.88 Å². The highest BCUT2D eigenvalue weighted by molar-refractivity contribution is 7.98. The fourth-order valence-corrected chi connectivity index (χ4v) is 3.32. The van der Waals surface area contributed by atoms with Gasteiger partial charge < -0.3 is 10.4 Å². The van der Waals surface area contributed by atoms with Gasteiger partial charge in [0.05, 0.1) is 4.88 Å². The van der Waals surface area contributed by atoms with Crippen LogP contribution in [-0.4, -0.2) is 35.0 Å². The van der Waals surface area contributed by atoms with E-state index in [2.05, 4.69) is 12.2 Å². The van der Waals surface area contributed by atoms with E-state index < -0.39 is 12.0 Å². The standard InChI is InChI=1S/C14H21NO3S2/c1-4-5-10-8-12(20-9(10)2)13(16)15-11(14(17)18)6-7-19-3/h8,11H,4-7H2,1-3H3,(H,15,16)(H,17,18). The van der Waals surface area contributed by atoms with E-state index in [0.717, 1.165) is 17.7 Å². The Morgan fingerprint density at radius 3 is 2.75 bits per heavy atom. The largest absolute Gasteiger partial charge is 0.480 e. The van der Waals surface area contributed by atoms with Crippen molar-refractivity contribution in [2.24, 2.45) is 0 Å². The van der Waals surface area contributed by atoms with Crippen molar-refractivity contribution in [3.63, 3.8) is 0 Å². The molecule has 0 aromatic carbocycles. The van der Waals surface area contributed by atoms with Gasteiger partial charge in [0.25, 0.3) is 5.91 Å². The summed E-state index contributed by atoms with van der Waals surface area (Å²) in [6.45, 7) is 4.09. The first-order valence-electron chi connectivity index (χ1n) is 6.61. The Hall–Kier alpha value is -1.01. The average molecular weight is 315 g/mol. The summed E-state index contributed by atoms with van der Waals surface area (Å²) in [5.41, 5.74) is 1.18. The Kier molecular flexibility index (Phi) is 7.09. The highest BCUT2D eigenvalue weighted by atomic mass is 32.2. The molecule has 1 rings (SSSR count). The van der Waals surface area contributed by atoms with Crippen molar-refractivity contribution < 1.29 is 14.7 Å². The van der Waals surface area contributed by atoms with Crippen LogP contribution in [0.4, 0.5) is 0 Å².